The summed E-state index contributed by atoms with van der Waals surface area (Å²) in [5, 5.41) is 6.57. The molecule has 0 fully saturated rings. The summed E-state index contributed by atoms with van der Waals surface area (Å²) < 4.78 is 5.13. The maximum absolute atomic E-state index is 12.2. The van der Waals surface area contributed by atoms with Crippen molar-refractivity contribution < 1.29 is 9.53 Å². The maximum atomic E-state index is 12.2. The molecule has 0 bridgehead atoms. The second-order valence-corrected chi connectivity index (χ2v) is 6.45. The number of para-hydroxylation sites is 1. The molecule has 0 saturated carbocycles. The van der Waals surface area contributed by atoms with Crippen LogP contribution < -0.4 is 10.6 Å². The average molecular weight is 376 g/mol. The molecule has 28 heavy (non-hydrogen) atoms. The zero-order chi connectivity index (χ0) is 20.1. The highest BCUT2D eigenvalue weighted by Crippen LogP contribution is 2.25. The Labute approximate surface area is 165 Å². The SMILES string of the molecule is CCOC(=O)c1ccccc1Nc1cc(Nc2cccc(C)c2C)nc(C)n1. The van der Waals surface area contributed by atoms with Crippen LogP contribution in [0, 0.1) is 20.8 Å². The van der Waals surface area contributed by atoms with Gasteiger partial charge >= 0.3 is 5.97 Å². The van der Waals surface area contributed by atoms with Crippen molar-refractivity contribution >= 4 is 29.0 Å². The molecule has 0 aliphatic carbocycles. The zero-order valence-electron chi connectivity index (χ0n) is 16.5. The van der Waals surface area contributed by atoms with E-state index in [1.54, 1.807) is 19.1 Å². The van der Waals surface area contributed by atoms with Crippen molar-refractivity contribution in [3.05, 3.63) is 71.0 Å². The van der Waals surface area contributed by atoms with Crippen LogP contribution in [0.25, 0.3) is 0 Å². The summed E-state index contributed by atoms with van der Waals surface area (Å²) in [5.41, 5.74) is 4.47. The molecular formula is C22H24N4O2. The van der Waals surface area contributed by atoms with Crippen LogP contribution in [-0.2, 0) is 4.74 Å². The van der Waals surface area contributed by atoms with Gasteiger partial charge in [-0.1, -0.05) is 24.3 Å². The second kappa shape index (κ2) is 8.52. The molecule has 0 radical (unpaired) electrons. The minimum atomic E-state index is -0.370. The number of esters is 1. The lowest BCUT2D eigenvalue weighted by molar-refractivity contribution is 0.0527. The summed E-state index contributed by atoms with van der Waals surface area (Å²) in [6, 6.07) is 15.1. The summed E-state index contributed by atoms with van der Waals surface area (Å²) in [7, 11) is 0. The van der Waals surface area contributed by atoms with Gasteiger partial charge in [0.2, 0.25) is 0 Å². The molecule has 3 rings (SSSR count). The number of nitrogens with zero attached hydrogens (tertiary/aromatic N) is 2. The van der Waals surface area contributed by atoms with Gasteiger partial charge in [-0.2, -0.15) is 0 Å². The summed E-state index contributed by atoms with van der Waals surface area (Å²) in [6.45, 7) is 8.08. The van der Waals surface area contributed by atoms with Crippen molar-refractivity contribution in [3.8, 4) is 0 Å². The van der Waals surface area contributed by atoms with Crippen LogP contribution in [0.2, 0.25) is 0 Å². The van der Waals surface area contributed by atoms with Gasteiger partial charge in [-0.15, -0.1) is 0 Å². The molecule has 6 nitrogen and oxygen atoms in total. The van der Waals surface area contributed by atoms with E-state index in [0.29, 0.717) is 35.3 Å². The molecule has 3 aromatic rings. The van der Waals surface area contributed by atoms with E-state index in [0.717, 1.165) is 5.69 Å². The minimum absolute atomic E-state index is 0.323. The van der Waals surface area contributed by atoms with Crippen LogP contribution in [0.4, 0.5) is 23.0 Å². The van der Waals surface area contributed by atoms with E-state index >= 15 is 0 Å². The van der Waals surface area contributed by atoms with E-state index in [4.69, 9.17) is 4.74 Å². The number of ether oxygens (including phenoxy) is 1. The van der Waals surface area contributed by atoms with E-state index in [9.17, 15) is 4.79 Å². The van der Waals surface area contributed by atoms with Crippen molar-refractivity contribution in [2.75, 3.05) is 17.2 Å². The molecule has 0 aliphatic heterocycles. The number of carbonyl (C=O) groups excluding carboxylic acids is 1. The summed E-state index contributed by atoms with van der Waals surface area (Å²) in [4.78, 5) is 21.1. The first-order chi connectivity index (χ1) is 13.5. The molecule has 0 atom stereocenters. The van der Waals surface area contributed by atoms with Gasteiger partial charge in [0.15, 0.2) is 0 Å². The van der Waals surface area contributed by atoms with E-state index in [1.165, 1.54) is 11.1 Å². The Morgan fingerprint density at radius 3 is 2.29 bits per heavy atom. The van der Waals surface area contributed by atoms with Crippen molar-refractivity contribution in [1.29, 1.82) is 0 Å². The molecular weight excluding hydrogens is 352 g/mol. The van der Waals surface area contributed by atoms with Crippen LogP contribution >= 0.6 is 0 Å². The van der Waals surface area contributed by atoms with Gasteiger partial charge in [-0.25, -0.2) is 14.8 Å². The number of hydrogen-bond donors (Lipinski definition) is 2. The van der Waals surface area contributed by atoms with Gasteiger partial charge in [0.05, 0.1) is 17.9 Å². The summed E-state index contributed by atoms with van der Waals surface area (Å²) in [6.07, 6.45) is 0. The number of nitrogens with one attached hydrogen (secondary N) is 2. The predicted octanol–water partition coefficient (Wildman–Crippen LogP) is 5.07. The maximum Gasteiger partial charge on any atom is 0.340 e. The molecule has 0 spiro atoms. The Morgan fingerprint density at radius 1 is 0.929 bits per heavy atom. The fourth-order valence-corrected chi connectivity index (χ4v) is 2.84. The summed E-state index contributed by atoms with van der Waals surface area (Å²) in [5.74, 6) is 1.52. The fourth-order valence-electron chi connectivity index (χ4n) is 2.84. The smallest absolute Gasteiger partial charge is 0.340 e. The van der Waals surface area contributed by atoms with Crippen LogP contribution in [0.1, 0.15) is 34.2 Å². The third-order valence-corrected chi connectivity index (χ3v) is 4.39. The van der Waals surface area contributed by atoms with Gasteiger partial charge in [0, 0.05) is 11.8 Å². The molecule has 0 aliphatic rings. The summed E-state index contributed by atoms with van der Waals surface area (Å²) >= 11 is 0. The van der Waals surface area contributed by atoms with E-state index in [2.05, 4.69) is 40.5 Å². The van der Waals surface area contributed by atoms with Crippen molar-refractivity contribution in [2.45, 2.75) is 27.7 Å². The lowest BCUT2D eigenvalue weighted by Gasteiger charge is -2.14. The molecule has 1 aromatic heterocycles. The quantitative estimate of drug-likeness (QED) is 0.585. The molecule has 1 heterocycles. The third-order valence-electron chi connectivity index (χ3n) is 4.39. The number of aromatic nitrogens is 2. The van der Waals surface area contributed by atoms with Crippen LogP contribution in [0.15, 0.2) is 48.5 Å². The van der Waals surface area contributed by atoms with Crippen molar-refractivity contribution in [3.63, 3.8) is 0 Å². The first kappa shape index (κ1) is 19.4. The Hall–Kier alpha value is -3.41. The minimum Gasteiger partial charge on any atom is -0.462 e. The Balaban J connectivity index is 1.89. The molecule has 2 aromatic carbocycles. The molecule has 144 valence electrons. The van der Waals surface area contributed by atoms with Gasteiger partial charge in [0.1, 0.15) is 17.5 Å². The van der Waals surface area contributed by atoms with E-state index in [-0.39, 0.29) is 5.97 Å². The van der Waals surface area contributed by atoms with Gasteiger partial charge < -0.3 is 15.4 Å². The lowest BCUT2D eigenvalue weighted by atomic mass is 10.1. The predicted molar refractivity (Wildman–Crippen MR) is 112 cm³/mol. The monoisotopic (exact) mass is 376 g/mol. The van der Waals surface area contributed by atoms with E-state index in [1.807, 2.05) is 37.3 Å². The Morgan fingerprint density at radius 2 is 1.57 bits per heavy atom. The fraction of sp³-hybridized carbons (Fsp3) is 0.227. The van der Waals surface area contributed by atoms with Crippen LogP contribution in [-0.4, -0.2) is 22.5 Å². The topological polar surface area (TPSA) is 76.1 Å². The largest absolute Gasteiger partial charge is 0.462 e. The van der Waals surface area contributed by atoms with Gasteiger partial charge in [-0.3, -0.25) is 0 Å². The van der Waals surface area contributed by atoms with E-state index < -0.39 is 0 Å². The zero-order valence-corrected chi connectivity index (χ0v) is 16.5. The van der Waals surface area contributed by atoms with Gasteiger partial charge in [0.25, 0.3) is 0 Å². The van der Waals surface area contributed by atoms with Crippen LogP contribution in [0.5, 0.6) is 0 Å². The van der Waals surface area contributed by atoms with Crippen molar-refractivity contribution in [2.24, 2.45) is 0 Å². The number of anilines is 4. The highest BCUT2D eigenvalue weighted by molar-refractivity contribution is 5.96. The normalized spacial score (nSPS) is 10.4. The number of carbonyl (C=O) groups is 1. The molecule has 0 saturated heterocycles. The third kappa shape index (κ3) is 4.46. The highest BCUT2D eigenvalue weighted by Gasteiger charge is 2.13. The molecule has 0 unspecified atom stereocenters. The molecule has 0 amide bonds. The Kier molecular flexibility index (Phi) is 5.89. The lowest BCUT2D eigenvalue weighted by Crippen LogP contribution is -2.09. The van der Waals surface area contributed by atoms with Crippen molar-refractivity contribution in [1.82, 2.24) is 9.97 Å². The second-order valence-electron chi connectivity index (χ2n) is 6.45. The highest BCUT2D eigenvalue weighted by atomic mass is 16.5. The number of rotatable bonds is 6. The molecule has 2 N–H and O–H groups in total. The first-order valence-electron chi connectivity index (χ1n) is 9.20. The number of benzene rings is 2. The molecule has 6 heteroatoms. The Bertz CT molecular complexity index is 1000. The standard InChI is InChI=1S/C22H24N4O2/c1-5-28-22(27)17-10-6-7-11-19(17)26-21-13-20(23-16(4)24-21)25-18-12-8-9-14(2)15(18)3/h6-13H,5H2,1-4H3,(H2,23,24,25,26). The average Bonchev–Trinajstić information content (AvgIpc) is 2.66. The first-order valence-corrected chi connectivity index (χ1v) is 9.20. The van der Waals surface area contributed by atoms with Crippen LogP contribution in [0.3, 0.4) is 0 Å². The number of hydrogen-bond acceptors (Lipinski definition) is 6. The van der Waals surface area contributed by atoms with Gasteiger partial charge in [-0.05, 0) is 57.0 Å². The number of aryl methyl sites for hydroxylation is 2.